The van der Waals surface area contributed by atoms with Crippen molar-refractivity contribution < 1.29 is 18.5 Å². The van der Waals surface area contributed by atoms with Crippen LogP contribution < -0.4 is 0 Å². The summed E-state index contributed by atoms with van der Waals surface area (Å²) in [5.74, 6) is 0. The van der Waals surface area contributed by atoms with Crippen LogP contribution in [0.25, 0.3) is 0 Å². The molecule has 15 heavy (non-hydrogen) atoms. The van der Waals surface area contributed by atoms with Gasteiger partial charge in [0.05, 0.1) is 5.38 Å². The fraction of sp³-hybridized carbons (Fsp3) is 1.00. The molecular weight excluding hydrogens is 398 g/mol. The smallest absolute Gasteiger partial charge is 0.302 e. The minimum Gasteiger partial charge on any atom is -0.302 e. The van der Waals surface area contributed by atoms with E-state index in [2.05, 4.69) is 36.4 Å². The van der Waals surface area contributed by atoms with Crippen LogP contribution in [0.4, 0.5) is 0 Å². The molecule has 0 aliphatic heterocycles. The Morgan fingerprint density at radius 2 is 2.00 bits per heavy atom. The normalized spacial score (nSPS) is 20.7. The number of phosphoric ester groups is 1. The number of phosphoric acid groups is 1. The van der Waals surface area contributed by atoms with Crippen LogP contribution in [0.5, 0.6) is 0 Å². The summed E-state index contributed by atoms with van der Waals surface area (Å²) in [7, 11) is -4.25. The maximum Gasteiger partial charge on any atom is 0.475 e. The highest BCUT2D eigenvalue weighted by atomic mass is 79.9. The van der Waals surface area contributed by atoms with Gasteiger partial charge in [-0.05, 0) is 45.2 Å². The highest BCUT2D eigenvalue weighted by Gasteiger charge is 2.36. The standard InChI is InChI=1S/C6H11Br2Cl2O4P/c1-3-6(7,8)14-15(11,12)13-5(10)4(2)9/h4-5H,3H2,1-2H3,(H,11,12). The molecule has 0 radical (unpaired) electrons. The quantitative estimate of drug-likeness (QED) is 0.529. The molecule has 0 aliphatic rings. The molecule has 0 spiro atoms. The van der Waals surface area contributed by atoms with E-state index >= 15 is 0 Å². The van der Waals surface area contributed by atoms with Gasteiger partial charge in [0.2, 0.25) is 0 Å². The van der Waals surface area contributed by atoms with E-state index in [0.717, 1.165) is 0 Å². The van der Waals surface area contributed by atoms with Crippen molar-refractivity contribution in [2.45, 2.75) is 34.6 Å². The van der Waals surface area contributed by atoms with E-state index < -0.39 is 22.2 Å². The van der Waals surface area contributed by atoms with E-state index in [1.165, 1.54) is 6.92 Å². The van der Waals surface area contributed by atoms with Crippen LogP contribution >= 0.6 is 62.9 Å². The molecule has 0 fully saturated rings. The fourth-order valence-electron chi connectivity index (χ4n) is 0.466. The summed E-state index contributed by atoms with van der Waals surface area (Å²) in [5, 5.41) is -0.614. The Morgan fingerprint density at radius 1 is 1.53 bits per heavy atom. The van der Waals surface area contributed by atoms with Crippen molar-refractivity contribution in [2.24, 2.45) is 0 Å². The summed E-state index contributed by atoms with van der Waals surface area (Å²) in [6.07, 6.45) is 0.407. The van der Waals surface area contributed by atoms with Crippen molar-refractivity contribution in [3.8, 4) is 0 Å². The highest BCUT2D eigenvalue weighted by Crippen LogP contribution is 2.53. The monoisotopic (exact) mass is 406 g/mol. The Balaban J connectivity index is 4.38. The number of rotatable bonds is 6. The molecule has 9 heteroatoms. The molecule has 0 rings (SSSR count). The summed E-state index contributed by atoms with van der Waals surface area (Å²) >= 11 is 17.2. The van der Waals surface area contributed by atoms with Gasteiger partial charge in [-0.1, -0.05) is 18.5 Å². The molecule has 1 N–H and O–H groups in total. The lowest BCUT2D eigenvalue weighted by Crippen LogP contribution is -2.19. The Bertz CT molecular complexity index is 251. The number of hydrogen-bond donors (Lipinski definition) is 1. The Kier molecular flexibility index (Phi) is 7.27. The molecule has 0 aromatic carbocycles. The van der Waals surface area contributed by atoms with Gasteiger partial charge in [-0.25, -0.2) is 4.57 Å². The lowest BCUT2D eigenvalue weighted by atomic mass is 10.5. The Morgan fingerprint density at radius 3 is 2.33 bits per heavy atom. The van der Waals surface area contributed by atoms with Crippen LogP contribution in [0.1, 0.15) is 20.3 Å². The molecule has 0 amide bonds. The summed E-state index contributed by atoms with van der Waals surface area (Å²) in [4.78, 5) is 9.31. The fourth-order valence-corrected chi connectivity index (χ4v) is 2.94. The maximum atomic E-state index is 11.4. The van der Waals surface area contributed by atoms with Crippen LogP contribution in [0, 0.1) is 0 Å². The van der Waals surface area contributed by atoms with Crippen LogP contribution in [0.2, 0.25) is 0 Å². The van der Waals surface area contributed by atoms with Crippen LogP contribution in [0.15, 0.2) is 0 Å². The summed E-state index contributed by atoms with van der Waals surface area (Å²) in [5.41, 5.74) is -1.10. The van der Waals surface area contributed by atoms with Gasteiger partial charge < -0.3 is 4.89 Å². The van der Waals surface area contributed by atoms with Crippen molar-refractivity contribution in [3.05, 3.63) is 0 Å². The first-order chi connectivity index (χ1) is 6.59. The van der Waals surface area contributed by atoms with Gasteiger partial charge in [-0.3, -0.25) is 9.05 Å². The van der Waals surface area contributed by atoms with Gasteiger partial charge in [-0.2, -0.15) is 0 Å². The van der Waals surface area contributed by atoms with Gasteiger partial charge in [0.1, 0.15) is 0 Å². The van der Waals surface area contributed by atoms with Crippen molar-refractivity contribution in [2.75, 3.05) is 0 Å². The zero-order chi connectivity index (χ0) is 12.3. The van der Waals surface area contributed by atoms with E-state index in [1.807, 2.05) is 0 Å². The first kappa shape index (κ1) is 16.6. The number of halogens is 4. The second kappa shape index (κ2) is 6.55. The van der Waals surface area contributed by atoms with Crippen molar-refractivity contribution in [1.29, 1.82) is 0 Å². The Labute approximate surface area is 115 Å². The largest absolute Gasteiger partial charge is 0.475 e. The topological polar surface area (TPSA) is 55.8 Å². The first-order valence-electron chi connectivity index (χ1n) is 3.97. The third kappa shape index (κ3) is 7.55. The lowest BCUT2D eigenvalue weighted by Gasteiger charge is -2.24. The summed E-state index contributed by atoms with van der Waals surface area (Å²) in [6, 6.07) is 0. The molecular formula is C6H11Br2Cl2O4P. The molecule has 0 aromatic rings. The molecule has 0 heterocycles. The summed E-state index contributed by atoms with van der Waals surface area (Å²) < 4.78 is 19.7. The minimum absolute atomic E-state index is 0.407. The average molecular weight is 409 g/mol. The van der Waals surface area contributed by atoms with Crippen LogP contribution in [0.3, 0.4) is 0 Å². The van der Waals surface area contributed by atoms with E-state index in [4.69, 9.17) is 27.7 Å². The molecule has 3 unspecified atom stereocenters. The molecule has 4 nitrogen and oxygen atoms in total. The predicted molar refractivity (Wildman–Crippen MR) is 67.8 cm³/mol. The third-order valence-electron chi connectivity index (χ3n) is 1.26. The molecule has 0 saturated heterocycles. The first-order valence-corrected chi connectivity index (χ1v) is 7.93. The van der Waals surface area contributed by atoms with Crippen LogP contribution in [-0.2, 0) is 13.6 Å². The zero-order valence-corrected chi connectivity index (χ0v) is 13.6. The number of alkyl halides is 4. The Hall–Kier alpha value is 1.65. The van der Waals surface area contributed by atoms with E-state index in [0.29, 0.717) is 6.42 Å². The van der Waals surface area contributed by atoms with E-state index in [9.17, 15) is 9.46 Å². The zero-order valence-electron chi connectivity index (χ0n) is 7.99. The summed E-state index contributed by atoms with van der Waals surface area (Å²) in [6.45, 7) is 3.28. The van der Waals surface area contributed by atoms with Gasteiger partial charge in [0.15, 0.2) is 8.98 Å². The second-order valence-corrected chi connectivity index (χ2v) is 8.76. The maximum absolute atomic E-state index is 11.4. The number of hydrogen-bond acceptors (Lipinski definition) is 3. The van der Waals surface area contributed by atoms with Crippen molar-refractivity contribution in [1.82, 2.24) is 0 Å². The minimum atomic E-state index is -4.25. The van der Waals surface area contributed by atoms with Gasteiger partial charge >= 0.3 is 7.82 Å². The van der Waals surface area contributed by atoms with Gasteiger partial charge in [0, 0.05) is 0 Å². The lowest BCUT2D eigenvalue weighted by molar-refractivity contribution is 0.120. The predicted octanol–water partition coefficient (Wildman–Crippen LogP) is 4.17. The van der Waals surface area contributed by atoms with Crippen molar-refractivity contribution in [3.63, 3.8) is 0 Å². The van der Waals surface area contributed by atoms with Gasteiger partial charge in [-0.15, -0.1) is 11.6 Å². The highest BCUT2D eigenvalue weighted by molar-refractivity contribution is 9.25. The SMILES string of the molecule is CCC(Br)(Br)OP(=O)(O)OC(Cl)C(C)Cl. The average Bonchev–Trinajstić information content (AvgIpc) is 2.01. The van der Waals surface area contributed by atoms with Gasteiger partial charge in [0.25, 0.3) is 0 Å². The van der Waals surface area contributed by atoms with E-state index in [-0.39, 0.29) is 0 Å². The third-order valence-corrected chi connectivity index (χ3v) is 5.19. The van der Waals surface area contributed by atoms with E-state index in [1.54, 1.807) is 6.92 Å². The van der Waals surface area contributed by atoms with Crippen LogP contribution in [-0.4, -0.2) is 19.3 Å². The molecule has 92 valence electrons. The molecule has 0 aliphatic carbocycles. The molecule has 0 aromatic heterocycles. The molecule has 3 atom stereocenters. The van der Waals surface area contributed by atoms with Crippen molar-refractivity contribution >= 4 is 62.9 Å². The molecule has 0 bridgehead atoms. The second-order valence-electron chi connectivity index (χ2n) is 2.68. The molecule has 0 saturated carbocycles.